The lowest BCUT2D eigenvalue weighted by atomic mass is 10.1. The van der Waals surface area contributed by atoms with E-state index in [1.807, 2.05) is 24.4 Å². The summed E-state index contributed by atoms with van der Waals surface area (Å²) in [7, 11) is 0. The second kappa shape index (κ2) is 9.55. The van der Waals surface area contributed by atoms with Gasteiger partial charge in [0.15, 0.2) is 5.65 Å². The molecular weight excluding hydrogens is 386 g/mol. The van der Waals surface area contributed by atoms with Crippen LogP contribution in [0.1, 0.15) is 31.7 Å². The molecule has 0 fully saturated rings. The molecule has 4 rings (SSSR count). The Morgan fingerprint density at radius 2 is 2.06 bits per heavy atom. The number of hydrogen-bond donors (Lipinski definition) is 2. The number of benzene rings is 1. The number of anilines is 1. The molecule has 7 heteroatoms. The zero-order chi connectivity index (χ0) is 21.6. The van der Waals surface area contributed by atoms with Crippen LogP contribution in [0, 0.1) is 0 Å². The number of nitrogens with two attached hydrogens (primary N) is 1. The van der Waals surface area contributed by atoms with Crippen LogP contribution >= 0.6 is 0 Å². The monoisotopic (exact) mass is 415 g/mol. The summed E-state index contributed by atoms with van der Waals surface area (Å²) in [6.45, 7) is 8.52. The molecular formula is C24H29N7. The molecule has 3 aromatic rings. The maximum atomic E-state index is 5.88. The van der Waals surface area contributed by atoms with Gasteiger partial charge >= 0.3 is 0 Å². The number of aliphatic imine (C=N–C) groups is 1. The van der Waals surface area contributed by atoms with E-state index in [1.54, 1.807) is 6.20 Å². The van der Waals surface area contributed by atoms with Crippen molar-refractivity contribution in [3.8, 4) is 11.3 Å². The third-order valence-corrected chi connectivity index (χ3v) is 5.44. The van der Waals surface area contributed by atoms with Gasteiger partial charge in [-0.3, -0.25) is 0 Å². The Labute approximate surface area is 183 Å². The van der Waals surface area contributed by atoms with Gasteiger partial charge in [0.2, 0.25) is 0 Å². The number of aromatic nitrogens is 3. The van der Waals surface area contributed by atoms with Crippen LogP contribution in [0.5, 0.6) is 0 Å². The standard InChI is InChI=1S/C24H29N7/c1-3-5-6-12-31(13-11-26-4-2)23-16-27-20-10-9-19(29-24(20)30-23)17-7-8-18-15-22(25)28-21(18)14-17/h4,7-10,14,16,26H,2-3,5-6,11-13,15H2,1H3,(H2,25,28). The summed E-state index contributed by atoms with van der Waals surface area (Å²) in [5.74, 6) is 1.51. The predicted molar refractivity (Wildman–Crippen MR) is 128 cm³/mol. The Hall–Kier alpha value is -3.48. The summed E-state index contributed by atoms with van der Waals surface area (Å²) in [4.78, 5) is 21.0. The number of unbranched alkanes of at least 4 members (excludes halogenated alkanes) is 2. The molecule has 0 amide bonds. The number of rotatable bonds is 10. The van der Waals surface area contributed by atoms with E-state index in [1.165, 1.54) is 12.8 Å². The van der Waals surface area contributed by atoms with Gasteiger partial charge in [-0.1, -0.05) is 38.5 Å². The minimum Gasteiger partial charge on any atom is -0.390 e. The third kappa shape index (κ3) is 4.82. The minimum atomic E-state index is 0.649. The van der Waals surface area contributed by atoms with E-state index in [0.717, 1.165) is 59.9 Å². The highest BCUT2D eigenvalue weighted by Gasteiger charge is 2.14. The van der Waals surface area contributed by atoms with E-state index in [0.29, 0.717) is 17.9 Å². The first-order chi connectivity index (χ1) is 15.2. The van der Waals surface area contributed by atoms with Crippen molar-refractivity contribution in [3.05, 3.63) is 54.9 Å². The van der Waals surface area contributed by atoms with Crippen LogP contribution in [-0.4, -0.2) is 40.4 Å². The van der Waals surface area contributed by atoms with E-state index >= 15 is 0 Å². The van der Waals surface area contributed by atoms with Crippen molar-refractivity contribution < 1.29 is 0 Å². The Balaban J connectivity index is 1.62. The van der Waals surface area contributed by atoms with Crippen molar-refractivity contribution in [3.63, 3.8) is 0 Å². The SMILES string of the molecule is C=CNCCN(CCCCC)c1cnc2ccc(-c3ccc4c(c3)N=C(N)C4)nc2n1. The highest BCUT2D eigenvalue weighted by atomic mass is 15.2. The number of pyridine rings is 1. The molecule has 0 saturated carbocycles. The predicted octanol–water partition coefficient (Wildman–Crippen LogP) is 3.97. The van der Waals surface area contributed by atoms with Crippen molar-refractivity contribution >= 4 is 28.5 Å². The molecule has 0 atom stereocenters. The van der Waals surface area contributed by atoms with Gasteiger partial charge < -0.3 is 16.0 Å². The van der Waals surface area contributed by atoms with Gasteiger partial charge in [-0.15, -0.1) is 0 Å². The fourth-order valence-electron chi connectivity index (χ4n) is 3.76. The lowest BCUT2D eigenvalue weighted by molar-refractivity contribution is 0.658. The largest absolute Gasteiger partial charge is 0.390 e. The maximum absolute atomic E-state index is 5.88. The highest BCUT2D eigenvalue weighted by Crippen LogP contribution is 2.31. The molecule has 160 valence electrons. The summed E-state index contributed by atoms with van der Waals surface area (Å²) >= 11 is 0. The summed E-state index contributed by atoms with van der Waals surface area (Å²) in [6.07, 6.45) is 7.78. The van der Waals surface area contributed by atoms with Gasteiger partial charge in [0.1, 0.15) is 17.2 Å². The first-order valence-electron chi connectivity index (χ1n) is 10.9. The van der Waals surface area contributed by atoms with Crippen LogP contribution in [-0.2, 0) is 6.42 Å². The van der Waals surface area contributed by atoms with E-state index < -0.39 is 0 Å². The zero-order valence-electron chi connectivity index (χ0n) is 18.0. The topological polar surface area (TPSA) is 92.3 Å². The van der Waals surface area contributed by atoms with Crippen LogP contribution in [0.3, 0.4) is 0 Å². The van der Waals surface area contributed by atoms with Crippen LogP contribution in [0.2, 0.25) is 0 Å². The van der Waals surface area contributed by atoms with Crippen LogP contribution in [0.25, 0.3) is 22.4 Å². The summed E-state index contributed by atoms with van der Waals surface area (Å²) in [5.41, 5.74) is 11.2. The fourth-order valence-corrected chi connectivity index (χ4v) is 3.76. The average Bonchev–Trinajstić information content (AvgIpc) is 3.16. The quantitative estimate of drug-likeness (QED) is 0.487. The van der Waals surface area contributed by atoms with E-state index in [4.69, 9.17) is 15.7 Å². The van der Waals surface area contributed by atoms with E-state index in [2.05, 4.69) is 45.8 Å². The third-order valence-electron chi connectivity index (χ3n) is 5.44. The molecule has 7 nitrogen and oxygen atoms in total. The molecule has 1 aliphatic heterocycles. The molecule has 0 radical (unpaired) electrons. The van der Waals surface area contributed by atoms with Gasteiger partial charge in [-0.2, -0.15) is 0 Å². The van der Waals surface area contributed by atoms with Gasteiger partial charge in [0.05, 0.1) is 17.6 Å². The molecule has 0 aliphatic carbocycles. The second-order valence-corrected chi connectivity index (χ2v) is 7.74. The lowest BCUT2D eigenvalue weighted by Gasteiger charge is -2.23. The molecule has 0 bridgehead atoms. The molecule has 1 aliphatic rings. The molecule has 3 heterocycles. The normalized spacial score (nSPS) is 12.5. The molecule has 0 unspecified atom stereocenters. The first kappa shape index (κ1) is 20.8. The number of hydrogen-bond acceptors (Lipinski definition) is 7. The summed E-state index contributed by atoms with van der Waals surface area (Å²) in [6, 6.07) is 10.1. The van der Waals surface area contributed by atoms with Crippen LogP contribution in [0.4, 0.5) is 11.5 Å². The molecule has 31 heavy (non-hydrogen) atoms. The van der Waals surface area contributed by atoms with E-state index in [-0.39, 0.29) is 0 Å². The van der Waals surface area contributed by atoms with Crippen molar-refractivity contribution in [2.75, 3.05) is 24.5 Å². The Morgan fingerprint density at radius 1 is 1.16 bits per heavy atom. The molecule has 2 aromatic heterocycles. The lowest BCUT2D eigenvalue weighted by Crippen LogP contribution is -2.32. The maximum Gasteiger partial charge on any atom is 0.180 e. The Morgan fingerprint density at radius 3 is 2.90 bits per heavy atom. The molecule has 0 spiro atoms. The highest BCUT2D eigenvalue weighted by molar-refractivity contribution is 5.91. The first-order valence-corrected chi connectivity index (χ1v) is 10.9. The second-order valence-electron chi connectivity index (χ2n) is 7.74. The zero-order valence-corrected chi connectivity index (χ0v) is 18.0. The Bertz CT molecular complexity index is 1110. The average molecular weight is 416 g/mol. The van der Waals surface area contributed by atoms with Crippen molar-refractivity contribution in [2.24, 2.45) is 10.7 Å². The van der Waals surface area contributed by atoms with Crippen molar-refractivity contribution in [1.82, 2.24) is 20.3 Å². The summed E-state index contributed by atoms with van der Waals surface area (Å²) in [5, 5.41) is 3.17. The number of fused-ring (bicyclic) bond motifs is 2. The van der Waals surface area contributed by atoms with Crippen molar-refractivity contribution in [2.45, 2.75) is 32.6 Å². The number of amidine groups is 1. The minimum absolute atomic E-state index is 0.649. The molecule has 3 N–H and O–H groups in total. The number of nitrogens with one attached hydrogen (secondary N) is 1. The van der Waals surface area contributed by atoms with Crippen LogP contribution < -0.4 is 16.0 Å². The van der Waals surface area contributed by atoms with Gasteiger partial charge in [0, 0.05) is 31.6 Å². The van der Waals surface area contributed by atoms with E-state index in [9.17, 15) is 0 Å². The fraction of sp³-hybridized carbons (Fsp3) is 0.333. The Kier molecular flexibility index (Phi) is 6.40. The van der Waals surface area contributed by atoms with Gasteiger partial charge in [-0.25, -0.2) is 19.9 Å². The van der Waals surface area contributed by atoms with Crippen LogP contribution in [0.15, 0.2) is 54.3 Å². The molecule has 0 saturated heterocycles. The van der Waals surface area contributed by atoms with Gasteiger partial charge in [-0.05, 0) is 36.4 Å². The smallest absolute Gasteiger partial charge is 0.180 e. The summed E-state index contributed by atoms with van der Waals surface area (Å²) < 4.78 is 0. The molecule has 1 aromatic carbocycles. The van der Waals surface area contributed by atoms with Gasteiger partial charge in [0.25, 0.3) is 0 Å². The van der Waals surface area contributed by atoms with Crippen molar-refractivity contribution in [1.29, 1.82) is 0 Å². The number of nitrogens with zero attached hydrogens (tertiary/aromatic N) is 5.